The molecule has 0 aliphatic rings. The third-order valence-corrected chi connectivity index (χ3v) is 4.64. The van der Waals surface area contributed by atoms with Crippen molar-refractivity contribution in [2.45, 2.75) is 17.3 Å². The lowest BCUT2D eigenvalue weighted by Crippen LogP contribution is -2.36. The number of nitrogens with zero attached hydrogens (tertiary/aromatic N) is 2. The number of carbonyl (C=O) groups is 1. The Morgan fingerprint density at radius 3 is 2.96 bits per heavy atom. The maximum Gasteiger partial charge on any atom is 0.230 e. The van der Waals surface area contributed by atoms with Gasteiger partial charge in [0.25, 0.3) is 0 Å². The van der Waals surface area contributed by atoms with E-state index in [9.17, 15) is 9.18 Å². The van der Waals surface area contributed by atoms with E-state index in [1.807, 2.05) is 6.92 Å². The van der Waals surface area contributed by atoms with Crippen molar-refractivity contribution in [3.05, 3.63) is 30.1 Å². The number of carbonyl (C=O) groups excluding carboxylic acids is 1. The number of hydrogen-bond acceptors (Lipinski definition) is 7. The summed E-state index contributed by atoms with van der Waals surface area (Å²) in [7, 11) is 1.59. The molecule has 1 aromatic carbocycles. The first kappa shape index (κ1) is 17.6. The van der Waals surface area contributed by atoms with Crippen LogP contribution in [-0.4, -0.2) is 41.6 Å². The Morgan fingerprint density at radius 1 is 1.43 bits per heavy atom. The molecule has 0 fully saturated rings. The first-order valence-corrected chi connectivity index (χ1v) is 8.65. The van der Waals surface area contributed by atoms with Crippen molar-refractivity contribution >= 4 is 39.8 Å². The van der Waals surface area contributed by atoms with Gasteiger partial charge in [-0.05, 0) is 19.1 Å². The van der Waals surface area contributed by atoms with Gasteiger partial charge in [-0.15, -0.1) is 10.2 Å². The Bertz CT molecular complexity index is 653. The summed E-state index contributed by atoms with van der Waals surface area (Å²) in [6.45, 7) is 2.33. The lowest BCUT2D eigenvalue weighted by Gasteiger charge is -2.11. The van der Waals surface area contributed by atoms with Crippen LogP contribution in [0.25, 0.3) is 0 Å². The normalized spacial score (nSPS) is 12.0. The van der Waals surface area contributed by atoms with Crippen LogP contribution < -0.4 is 10.6 Å². The fraction of sp³-hybridized carbons (Fsp3) is 0.357. The van der Waals surface area contributed by atoms with Crippen molar-refractivity contribution in [3.63, 3.8) is 0 Å². The molecule has 1 amide bonds. The van der Waals surface area contributed by atoms with E-state index in [4.69, 9.17) is 4.74 Å². The van der Waals surface area contributed by atoms with E-state index in [1.54, 1.807) is 25.3 Å². The Hall–Kier alpha value is -1.71. The number of thioether (sulfide) groups is 1. The molecule has 124 valence electrons. The number of nitrogens with one attached hydrogen (secondary N) is 2. The van der Waals surface area contributed by atoms with Crippen LogP contribution in [0.4, 0.5) is 15.2 Å². The monoisotopic (exact) mass is 356 g/mol. The maximum atomic E-state index is 13.5. The molecule has 0 radical (unpaired) electrons. The van der Waals surface area contributed by atoms with Gasteiger partial charge in [0, 0.05) is 13.2 Å². The number of ether oxygens (including phenoxy) is 1. The summed E-state index contributed by atoms with van der Waals surface area (Å²) in [5.74, 6) is -0.218. The van der Waals surface area contributed by atoms with Crippen molar-refractivity contribution < 1.29 is 13.9 Å². The maximum absolute atomic E-state index is 13.5. The van der Waals surface area contributed by atoms with Crippen molar-refractivity contribution in [1.82, 2.24) is 15.5 Å². The average molecular weight is 356 g/mol. The zero-order chi connectivity index (χ0) is 16.7. The van der Waals surface area contributed by atoms with Crippen LogP contribution in [0.3, 0.4) is 0 Å². The first-order valence-electron chi connectivity index (χ1n) is 6.84. The zero-order valence-corrected chi connectivity index (χ0v) is 14.3. The summed E-state index contributed by atoms with van der Waals surface area (Å²) in [6.07, 6.45) is 0. The molecule has 0 spiro atoms. The van der Waals surface area contributed by atoms with Gasteiger partial charge < -0.3 is 15.4 Å². The molecule has 0 aliphatic carbocycles. The standard InChI is InChI=1S/C14H17FN4O2S2/c1-9(7-21-2)16-12(20)8-22-14-19-18-13(23-14)17-11-6-4-3-5-10(11)15/h3-6,9H,7-8H2,1-2H3,(H,16,20)(H,17,18). The topological polar surface area (TPSA) is 76.1 Å². The molecule has 1 atom stereocenters. The van der Waals surface area contributed by atoms with Gasteiger partial charge in [0.1, 0.15) is 5.82 Å². The van der Waals surface area contributed by atoms with Crippen molar-refractivity contribution in [3.8, 4) is 0 Å². The van der Waals surface area contributed by atoms with Crippen LogP contribution in [0.5, 0.6) is 0 Å². The number of anilines is 2. The number of halogens is 1. The molecule has 0 saturated carbocycles. The van der Waals surface area contributed by atoms with E-state index in [-0.39, 0.29) is 23.5 Å². The third kappa shape index (κ3) is 5.77. The minimum absolute atomic E-state index is 0.0409. The molecule has 1 heterocycles. The SMILES string of the molecule is COCC(C)NC(=O)CSc1nnc(Nc2ccccc2F)s1. The quantitative estimate of drug-likeness (QED) is 0.708. The second-order valence-corrected chi connectivity index (χ2v) is 6.89. The van der Waals surface area contributed by atoms with Gasteiger partial charge in [-0.1, -0.05) is 35.2 Å². The van der Waals surface area contributed by atoms with Crippen LogP contribution in [0.15, 0.2) is 28.6 Å². The van der Waals surface area contributed by atoms with E-state index in [2.05, 4.69) is 20.8 Å². The van der Waals surface area contributed by atoms with Gasteiger partial charge in [0.05, 0.1) is 18.0 Å². The van der Waals surface area contributed by atoms with Gasteiger partial charge in [-0.2, -0.15) is 0 Å². The van der Waals surface area contributed by atoms with Crippen LogP contribution >= 0.6 is 23.1 Å². The predicted octanol–water partition coefficient (Wildman–Crippen LogP) is 2.66. The van der Waals surface area contributed by atoms with Gasteiger partial charge in [0.2, 0.25) is 11.0 Å². The molecule has 1 aromatic heterocycles. The number of aromatic nitrogens is 2. The molecular formula is C14H17FN4O2S2. The van der Waals surface area contributed by atoms with E-state index < -0.39 is 0 Å². The van der Waals surface area contributed by atoms with Crippen molar-refractivity contribution in [2.75, 3.05) is 24.8 Å². The summed E-state index contributed by atoms with van der Waals surface area (Å²) < 4.78 is 19.1. The summed E-state index contributed by atoms with van der Waals surface area (Å²) in [6, 6.07) is 6.29. The number of amides is 1. The van der Waals surface area contributed by atoms with Gasteiger partial charge >= 0.3 is 0 Å². The summed E-state index contributed by atoms with van der Waals surface area (Å²) in [4.78, 5) is 11.7. The summed E-state index contributed by atoms with van der Waals surface area (Å²) in [5, 5.41) is 14.1. The van der Waals surface area contributed by atoms with Crippen LogP contribution in [0, 0.1) is 5.82 Å². The van der Waals surface area contributed by atoms with Crippen LogP contribution in [-0.2, 0) is 9.53 Å². The Labute approximate surface area is 141 Å². The zero-order valence-electron chi connectivity index (χ0n) is 12.7. The number of para-hydroxylation sites is 1. The van der Waals surface area contributed by atoms with Gasteiger partial charge in [-0.25, -0.2) is 4.39 Å². The Balaban J connectivity index is 1.83. The average Bonchev–Trinajstić information content (AvgIpc) is 2.95. The lowest BCUT2D eigenvalue weighted by molar-refractivity contribution is -0.119. The fourth-order valence-corrected chi connectivity index (χ4v) is 3.31. The largest absolute Gasteiger partial charge is 0.383 e. The third-order valence-electron chi connectivity index (χ3n) is 2.67. The van der Waals surface area contributed by atoms with E-state index in [1.165, 1.54) is 29.2 Å². The molecule has 6 nitrogen and oxygen atoms in total. The lowest BCUT2D eigenvalue weighted by atomic mass is 10.3. The summed E-state index contributed by atoms with van der Waals surface area (Å²) >= 11 is 2.55. The highest BCUT2D eigenvalue weighted by Gasteiger charge is 2.11. The Kier molecular flexibility index (Phi) is 6.75. The van der Waals surface area contributed by atoms with Crippen molar-refractivity contribution in [2.24, 2.45) is 0 Å². The smallest absolute Gasteiger partial charge is 0.230 e. The minimum atomic E-state index is -0.358. The number of hydrogen-bond donors (Lipinski definition) is 2. The Morgan fingerprint density at radius 2 is 2.22 bits per heavy atom. The molecule has 1 unspecified atom stereocenters. The van der Waals surface area contributed by atoms with E-state index in [0.29, 0.717) is 21.8 Å². The molecule has 0 aliphatic heterocycles. The number of rotatable bonds is 8. The first-order chi connectivity index (χ1) is 11.1. The molecule has 2 aromatic rings. The molecular weight excluding hydrogens is 339 g/mol. The highest BCUT2D eigenvalue weighted by molar-refractivity contribution is 8.01. The highest BCUT2D eigenvalue weighted by Crippen LogP contribution is 2.28. The van der Waals surface area contributed by atoms with E-state index in [0.717, 1.165) is 0 Å². The van der Waals surface area contributed by atoms with Crippen LogP contribution in [0.2, 0.25) is 0 Å². The molecule has 2 rings (SSSR count). The summed E-state index contributed by atoms with van der Waals surface area (Å²) in [5.41, 5.74) is 0.339. The second kappa shape index (κ2) is 8.80. The number of methoxy groups -OCH3 is 1. The van der Waals surface area contributed by atoms with E-state index >= 15 is 0 Å². The molecule has 9 heteroatoms. The van der Waals surface area contributed by atoms with Gasteiger partial charge in [-0.3, -0.25) is 4.79 Å². The molecule has 0 saturated heterocycles. The van der Waals surface area contributed by atoms with Gasteiger partial charge in [0.15, 0.2) is 4.34 Å². The fourth-order valence-electron chi connectivity index (χ4n) is 1.73. The second-order valence-electron chi connectivity index (χ2n) is 4.69. The molecule has 2 N–H and O–H groups in total. The highest BCUT2D eigenvalue weighted by atomic mass is 32.2. The predicted molar refractivity (Wildman–Crippen MR) is 89.8 cm³/mol. The minimum Gasteiger partial charge on any atom is -0.383 e. The molecule has 23 heavy (non-hydrogen) atoms. The number of benzene rings is 1. The van der Waals surface area contributed by atoms with Crippen LogP contribution in [0.1, 0.15) is 6.92 Å². The molecule has 0 bridgehead atoms. The van der Waals surface area contributed by atoms with Crippen molar-refractivity contribution in [1.29, 1.82) is 0 Å².